The summed E-state index contributed by atoms with van der Waals surface area (Å²) in [5.41, 5.74) is 0.313. The molecule has 0 saturated heterocycles. The molecule has 0 fully saturated rings. The van der Waals surface area contributed by atoms with Gasteiger partial charge in [-0.15, -0.1) is 0 Å². The lowest BCUT2D eigenvalue weighted by molar-refractivity contribution is 0.0913. The SMILES string of the molecule is CCC(C)(CBr)NC(=O)c1ccc(O)cc1. The molecule has 1 unspecified atom stereocenters. The van der Waals surface area contributed by atoms with Crippen LogP contribution in [-0.4, -0.2) is 21.9 Å². The van der Waals surface area contributed by atoms with E-state index in [4.69, 9.17) is 5.11 Å². The first-order valence-corrected chi connectivity index (χ1v) is 6.30. The zero-order chi connectivity index (χ0) is 12.2. The van der Waals surface area contributed by atoms with Crippen LogP contribution in [0.1, 0.15) is 30.6 Å². The lowest BCUT2D eigenvalue weighted by Gasteiger charge is -2.27. The summed E-state index contributed by atoms with van der Waals surface area (Å²) in [7, 11) is 0. The zero-order valence-electron chi connectivity index (χ0n) is 9.46. The predicted octanol–water partition coefficient (Wildman–Crippen LogP) is 2.69. The number of carbonyl (C=O) groups is 1. The quantitative estimate of drug-likeness (QED) is 0.836. The van der Waals surface area contributed by atoms with Crippen LogP contribution in [0.4, 0.5) is 0 Å². The maximum atomic E-state index is 11.9. The van der Waals surface area contributed by atoms with Crippen molar-refractivity contribution in [1.82, 2.24) is 5.32 Å². The Hall–Kier alpha value is -1.03. The van der Waals surface area contributed by atoms with Crippen LogP contribution in [-0.2, 0) is 0 Å². The highest BCUT2D eigenvalue weighted by atomic mass is 79.9. The van der Waals surface area contributed by atoms with E-state index in [1.165, 1.54) is 12.1 Å². The van der Waals surface area contributed by atoms with Gasteiger partial charge in [0.2, 0.25) is 0 Å². The molecular formula is C12H16BrNO2. The van der Waals surface area contributed by atoms with Gasteiger partial charge in [-0.3, -0.25) is 4.79 Å². The summed E-state index contributed by atoms with van der Waals surface area (Å²) in [6.07, 6.45) is 0.849. The van der Waals surface area contributed by atoms with E-state index >= 15 is 0 Å². The molecule has 0 heterocycles. The summed E-state index contributed by atoms with van der Waals surface area (Å²) in [6, 6.07) is 6.22. The second-order valence-corrected chi connectivity index (χ2v) is 4.61. The minimum absolute atomic E-state index is 0.121. The van der Waals surface area contributed by atoms with Crippen LogP contribution in [0.5, 0.6) is 5.75 Å². The second kappa shape index (κ2) is 5.34. The van der Waals surface area contributed by atoms with Gasteiger partial charge in [-0.05, 0) is 37.6 Å². The molecule has 1 amide bonds. The van der Waals surface area contributed by atoms with Gasteiger partial charge in [-0.2, -0.15) is 0 Å². The molecule has 1 aromatic rings. The zero-order valence-corrected chi connectivity index (χ0v) is 11.0. The highest BCUT2D eigenvalue weighted by Crippen LogP contribution is 2.15. The number of aromatic hydroxyl groups is 1. The lowest BCUT2D eigenvalue weighted by atomic mass is 10.0. The monoisotopic (exact) mass is 285 g/mol. The van der Waals surface area contributed by atoms with E-state index in [0.29, 0.717) is 10.9 Å². The third-order valence-electron chi connectivity index (χ3n) is 2.62. The second-order valence-electron chi connectivity index (χ2n) is 4.05. The molecule has 0 aromatic heterocycles. The third kappa shape index (κ3) is 3.23. The number of amides is 1. The molecule has 1 rings (SSSR count). The van der Waals surface area contributed by atoms with Crippen LogP contribution in [0, 0.1) is 0 Å². The normalized spacial score (nSPS) is 14.2. The van der Waals surface area contributed by atoms with Crippen molar-refractivity contribution in [2.45, 2.75) is 25.8 Å². The highest BCUT2D eigenvalue weighted by molar-refractivity contribution is 9.09. The predicted molar refractivity (Wildman–Crippen MR) is 68.1 cm³/mol. The number of hydrogen-bond donors (Lipinski definition) is 2. The first-order chi connectivity index (χ1) is 7.50. The van der Waals surface area contributed by atoms with Gasteiger partial charge >= 0.3 is 0 Å². The Balaban J connectivity index is 2.76. The van der Waals surface area contributed by atoms with E-state index in [0.717, 1.165) is 6.42 Å². The maximum Gasteiger partial charge on any atom is 0.251 e. The van der Waals surface area contributed by atoms with Gasteiger partial charge in [-0.25, -0.2) is 0 Å². The molecule has 1 atom stereocenters. The first-order valence-electron chi connectivity index (χ1n) is 5.18. The van der Waals surface area contributed by atoms with Crippen molar-refractivity contribution in [3.8, 4) is 5.75 Å². The van der Waals surface area contributed by atoms with Crippen LogP contribution in [0.15, 0.2) is 24.3 Å². The molecule has 88 valence electrons. The molecule has 0 bridgehead atoms. The fourth-order valence-electron chi connectivity index (χ4n) is 1.18. The number of phenols is 1. The molecule has 2 N–H and O–H groups in total. The summed E-state index contributed by atoms with van der Waals surface area (Å²) in [5.74, 6) is 0.0408. The minimum Gasteiger partial charge on any atom is -0.508 e. The van der Waals surface area contributed by atoms with E-state index in [1.54, 1.807) is 12.1 Å². The van der Waals surface area contributed by atoms with Crippen molar-refractivity contribution in [1.29, 1.82) is 0 Å². The molecule has 0 spiro atoms. The summed E-state index contributed by atoms with van der Waals surface area (Å²) < 4.78 is 0. The van der Waals surface area contributed by atoms with Crippen molar-refractivity contribution < 1.29 is 9.90 Å². The fraction of sp³-hybridized carbons (Fsp3) is 0.417. The van der Waals surface area contributed by atoms with Gasteiger partial charge in [0.1, 0.15) is 5.75 Å². The highest BCUT2D eigenvalue weighted by Gasteiger charge is 2.23. The van der Waals surface area contributed by atoms with E-state index in [9.17, 15) is 4.79 Å². The molecule has 0 radical (unpaired) electrons. The topological polar surface area (TPSA) is 49.3 Å². The number of phenolic OH excluding ortho intramolecular Hbond substituents is 1. The average Bonchev–Trinajstić information content (AvgIpc) is 2.29. The van der Waals surface area contributed by atoms with Gasteiger partial charge in [0.15, 0.2) is 0 Å². The van der Waals surface area contributed by atoms with Crippen LogP contribution in [0.3, 0.4) is 0 Å². The van der Waals surface area contributed by atoms with E-state index in [1.807, 2.05) is 13.8 Å². The molecular weight excluding hydrogens is 270 g/mol. The van der Waals surface area contributed by atoms with Crippen LogP contribution in [0.25, 0.3) is 0 Å². The largest absolute Gasteiger partial charge is 0.508 e. The van der Waals surface area contributed by atoms with Gasteiger partial charge < -0.3 is 10.4 Å². The van der Waals surface area contributed by atoms with Gasteiger partial charge in [-0.1, -0.05) is 22.9 Å². The van der Waals surface area contributed by atoms with Crippen molar-refractivity contribution in [3.05, 3.63) is 29.8 Å². The Morgan fingerprint density at radius 3 is 2.44 bits per heavy atom. The Labute approximate surface area is 104 Å². The average molecular weight is 286 g/mol. The Morgan fingerprint density at radius 1 is 1.44 bits per heavy atom. The summed E-state index contributed by atoms with van der Waals surface area (Å²) in [5, 5.41) is 12.8. The van der Waals surface area contributed by atoms with Crippen molar-refractivity contribution in [2.24, 2.45) is 0 Å². The molecule has 1 aromatic carbocycles. The van der Waals surface area contributed by atoms with Gasteiger partial charge in [0.05, 0.1) is 0 Å². The van der Waals surface area contributed by atoms with Crippen molar-refractivity contribution in [3.63, 3.8) is 0 Å². The number of benzene rings is 1. The standard InChI is InChI=1S/C12H16BrNO2/c1-3-12(2,8-13)14-11(16)9-4-6-10(15)7-5-9/h4-7,15H,3,8H2,1-2H3,(H,14,16). The first kappa shape index (κ1) is 13.0. The molecule has 16 heavy (non-hydrogen) atoms. The number of halogens is 1. The summed E-state index contributed by atoms with van der Waals surface area (Å²) in [4.78, 5) is 11.9. The van der Waals surface area contributed by atoms with Crippen molar-refractivity contribution in [2.75, 3.05) is 5.33 Å². The van der Waals surface area contributed by atoms with E-state index < -0.39 is 0 Å². The van der Waals surface area contributed by atoms with Crippen LogP contribution < -0.4 is 5.32 Å². The van der Waals surface area contributed by atoms with E-state index in [-0.39, 0.29) is 17.2 Å². The molecule has 0 aliphatic carbocycles. The van der Waals surface area contributed by atoms with Crippen LogP contribution in [0.2, 0.25) is 0 Å². The number of hydrogen-bond acceptors (Lipinski definition) is 2. The fourth-order valence-corrected chi connectivity index (χ4v) is 1.71. The number of carbonyl (C=O) groups excluding carboxylic acids is 1. The van der Waals surface area contributed by atoms with Crippen molar-refractivity contribution >= 4 is 21.8 Å². The Bertz CT molecular complexity index is 358. The van der Waals surface area contributed by atoms with E-state index in [2.05, 4.69) is 21.2 Å². The summed E-state index contributed by atoms with van der Waals surface area (Å²) >= 11 is 3.39. The molecule has 0 aliphatic heterocycles. The molecule has 0 aliphatic rings. The maximum absolute atomic E-state index is 11.9. The molecule has 3 nitrogen and oxygen atoms in total. The number of rotatable bonds is 4. The molecule has 4 heteroatoms. The lowest BCUT2D eigenvalue weighted by Crippen LogP contribution is -2.46. The number of nitrogens with one attached hydrogen (secondary N) is 1. The number of alkyl halides is 1. The third-order valence-corrected chi connectivity index (χ3v) is 3.86. The Morgan fingerprint density at radius 2 is 2.00 bits per heavy atom. The van der Waals surface area contributed by atoms with Gasteiger partial charge in [0, 0.05) is 16.4 Å². The van der Waals surface area contributed by atoms with Crippen LogP contribution >= 0.6 is 15.9 Å². The minimum atomic E-state index is -0.241. The Kier molecular flexibility index (Phi) is 4.35. The smallest absolute Gasteiger partial charge is 0.251 e. The van der Waals surface area contributed by atoms with Gasteiger partial charge in [0.25, 0.3) is 5.91 Å². The summed E-state index contributed by atoms with van der Waals surface area (Å²) in [6.45, 7) is 4.01. The molecule has 0 saturated carbocycles.